The third-order valence-electron chi connectivity index (χ3n) is 3.69. The highest BCUT2D eigenvalue weighted by Gasteiger charge is 2.17. The first kappa shape index (κ1) is 16.1. The second-order valence-electron chi connectivity index (χ2n) is 5.30. The van der Waals surface area contributed by atoms with E-state index in [1.165, 1.54) is 24.5 Å². The van der Waals surface area contributed by atoms with E-state index in [-0.39, 0.29) is 5.56 Å². The maximum atomic E-state index is 12.5. The number of aromatic nitrogens is 1. The lowest BCUT2D eigenvalue weighted by atomic mass is 10.1. The lowest BCUT2D eigenvalue weighted by Gasteiger charge is -2.05. The lowest BCUT2D eigenvalue weighted by molar-refractivity contribution is 0.102. The van der Waals surface area contributed by atoms with Crippen LogP contribution in [0.4, 0.5) is 5.13 Å². The van der Waals surface area contributed by atoms with Gasteiger partial charge in [0.2, 0.25) is 0 Å². The van der Waals surface area contributed by atoms with Gasteiger partial charge in [0, 0.05) is 10.8 Å². The molecule has 1 aromatic carbocycles. The number of amides is 1. The van der Waals surface area contributed by atoms with Gasteiger partial charge in [0.15, 0.2) is 22.2 Å². The molecular formula is C18H12N2O5S. The highest BCUT2D eigenvalue weighted by molar-refractivity contribution is 7.14. The van der Waals surface area contributed by atoms with Crippen molar-refractivity contribution in [2.45, 2.75) is 0 Å². The van der Waals surface area contributed by atoms with Crippen LogP contribution in [-0.4, -0.2) is 18.0 Å². The van der Waals surface area contributed by atoms with Gasteiger partial charge in [-0.05, 0) is 24.3 Å². The molecule has 0 bridgehead atoms. The summed E-state index contributed by atoms with van der Waals surface area (Å²) in [5.41, 5.74) is 0.0410. The predicted molar refractivity (Wildman–Crippen MR) is 96.8 cm³/mol. The number of thiazole rings is 1. The van der Waals surface area contributed by atoms with E-state index >= 15 is 0 Å². The highest BCUT2D eigenvalue weighted by Crippen LogP contribution is 2.26. The number of para-hydroxylation sites is 1. The van der Waals surface area contributed by atoms with Crippen LogP contribution in [0.1, 0.15) is 10.4 Å². The fourth-order valence-electron chi connectivity index (χ4n) is 2.47. The van der Waals surface area contributed by atoms with Crippen molar-refractivity contribution in [3.8, 4) is 17.2 Å². The normalized spacial score (nSPS) is 10.8. The average molecular weight is 368 g/mol. The molecule has 0 aliphatic rings. The molecule has 0 fully saturated rings. The Morgan fingerprint density at radius 2 is 2.15 bits per heavy atom. The number of nitrogens with one attached hydrogen (secondary N) is 1. The van der Waals surface area contributed by atoms with E-state index in [9.17, 15) is 9.59 Å². The number of benzene rings is 1. The number of rotatable bonds is 4. The third-order valence-corrected chi connectivity index (χ3v) is 4.44. The number of anilines is 1. The van der Waals surface area contributed by atoms with E-state index < -0.39 is 11.5 Å². The summed E-state index contributed by atoms with van der Waals surface area (Å²) in [6, 6.07) is 10.2. The van der Waals surface area contributed by atoms with Gasteiger partial charge in [-0.2, -0.15) is 0 Å². The Morgan fingerprint density at radius 3 is 2.92 bits per heavy atom. The Balaban J connectivity index is 1.64. The van der Waals surface area contributed by atoms with Crippen molar-refractivity contribution in [3.63, 3.8) is 0 Å². The summed E-state index contributed by atoms with van der Waals surface area (Å²) >= 11 is 1.23. The van der Waals surface area contributed by atoms with Crippen molar-refractivity contribution in [2.75, 3.05) is 12.4 Å². The monoisotopic (exact) mass is 368 g/mol. The predicted octanol–water partition coefficient (Wildman–Crippen LogP) is 3.77. The van der Waals surface area contributed by atoms with Crippen molar-refractivity contribution < 1.29 is 18.4 Å². The summed E-state index contributed by atoms with van der Waals surface area (Å²) in [6.07, 6.45) is 1.54. The first-order valence-corrected chi connectivity index (χ1v) is 8.45. The van der Waals surface area contributed by atoms with Gasteiger partial charge in [-0.3, -0.25) is 10.1 Å². The van der Waals surface area contributed by atoms with E-state index in [2.05, 4.69) is 10.3 Å². The molecule has 4 aromatic rings. The smallest absolute Gasteiger partial charge is 0.349 e. The molecule has 4 rings (SSSR count). The summed E-state index contributed by atoms with van der Waals surface area (Å²) in [7, 11) is 1.48. The summed E-state index contributed by atoms with van der Waals surface area (Å²) in [6.45, 7) is 0. The quantitative estimate of drug-likeness (QED) is 0.551. The van der Waals surface area contributed by atoms with Crippen molar-refractivity contribution >= 4 is 33.3 Å². The molecule has 1 N–H and O–H groups in total. The molecule has 7 nitrogen and oxygen atoms in total. The van der Waals surface area contributed by atoms with Crippen LogP contribution in [0.3, 0.4) is 0 Å². The molecule has 3 aromatic heterocycles. The molecule has 0 spiro atoms. The molecule has 0 radical (unpaired) electrons. The zero-order chi connectivity index (χ0) is 18.1. The number of nitrogens with zero attached hydrogens (tertiary/aromatic N) is 1. The molecule has 0 saturated carbocycles. The van der Waals surface area contributed by atoms with Crippen molar-refractivity contribution in [1.29, 1.82) is 0 Å². The zero-order valence-corrected chi connectivity index (χ0v) is 14.3. The van der Waals surface area contributed by atoms with Gasteiger partial charge in [-0.1, -0.05) is 12.1 Å². The molecule has 8 heteroatoms. The standard InChI is InChI=1S/C18H12N2O5S/c1-23-14-5-2-4-10-8-11(17(22)25-15(10)14)16(21)20-18-19-12(9-26-18)13-6-3-7-24-13/h2-9H,1H3,(H,19,20,21). The van der Waals surface area contributed by atoms with Gasteiger partial charge in [0.05, 0.1) is 13.4 Å². The summed E-state index contributed by atoms with van der Waals surface area (Å²) < 4.78 is 15.7. The zero-order valence-electron chi connectivity index (χ0n) is 13.5. The first-order chi connectivity index (χ1) is 12.7. The number of hydrogen-bond donors (Lipinski definition) is 1. The van der Waals surface area contributed by atoms with Gasteiger partial charge >= 0.3 is 5.63 Å². The van der Waals surface area contributed by atoms with Crippen LogP contribution in [0.2, 0.25) is 0 Å². The Morgan fingerprint density at radius 1 is 1.27 bits per heavy atom. The number of methoxy groups -OCH3 is 1. The van der Waals surface area contributed by atoms with Gasteiger partial charge in [-0.15, -0.1) is 11.3 Å². The highest BCUT2D eigenvalue weighted by atomic mass is 32.1. The second kappa shape index (κ2) is 6.49. The minimum absolute atomic E-state index is 0.111. The second-order valence-corrected chi connectivity index (χ2v) is 6.15. The number of carbonyl (C=O) groups excluding carboxylic acids is 1. The molecule has 3 heterocycles. The van der Waals surface area contributed by atoms with Crippen LogP contribution in [0.25, 0.3) is 22.4 Å². The number of carbonyl (C=O) groups is 1. The van der Waals surface area contributed by atoms with Gasteiger partial charge in [0.1, 0.15) is 11.3 Å². The maximum Gasteiger partial charge on any atom is 0.349 e. The largest absolute Gasteiger partial charge is 0.493 e. The fourth-order valence-corrected chi connectivity index (χ4v) is 3.16. The Hall–Kier alpha value is -3.39. The molecule has 26 heavy (non-hydrogen) atoms. The third kappa shape index (κ3) is 2.86. The van der Waals surface area contributed by atoms with E-state index in [1.807, 2.05) is 0 Å². The van der Waals surface area contributed by atoms with Crippen LogP contribution in [-0.2, 0) is 0 Å². The van der Waals surface area contributed by atoms with Crippen LogP contribution in [0.5, 0.6) is 5.75 Å². The Labute approximate surface area is 150 Å². The average Bonchev–Trinajstić information content (AvgIpc) is 3.32. The van der Waals surface area contributed by atoms with Crippen LogP contribution in [0, 0.1) is 0 Å². The minimum atomic E-state index is -0.748. The van der Waals surface area contributed by atoms with Gasteiger partial charge in [0.25, 0.3) is 5.91 Å². The summed E-state index contributed by atoms with van der Waals surface area (Å²) in [4.78, 5) is 29.0. The molecule has 0 saturated heterocycles. The van der Waals surface area contributed by atoms with Crippen LogP contribution in [0.15, 0.2) is 61.7 Å². The molecule has 0 unspecified atom stereocenters. The lowest BCUT2D eigenvalue weighted by Crippen LogP contribution is -2.20. The van der Waals surface area contributed by atoms with E-state index in [0.717, 1.165) is 0 Å². The summed E-state index contributed by atoms with van der Waals surface area (Å²) in [5.74, 6) is 0.428. The fraction of sp³-hybridized carbons (Fsp3) is 0.0556. The Kier molecular flexibility index (Phi) is 4.02. The number of fused-ring (bicyclic) bond motifs is 1. The number of furan rings is 1. The van der Waals surface area contributed by atoms with E-state index in [4.69, 9.17) is 13.6 Å². The molecule has 1 amide bonds. The van der Waals surface area contributed by atoms with Crippen LogP contribution < -0.4 is 15.7 Å². The number of ether oxygens (including phenoxy) is 1. The molecular weight excluding hydrogens is 356 g/mol. The maximum absolute atomic E-state index is 12.5. The SMILES string of the molecule is COc1cccc2cc(C(=O)Nc3nc(-c4ccco4)cs3)c(=O)oc12. The molecule has 0 aliphatic carbocycles. The Bertz CT molecular complexity index is 1140. The molecule has 0 aliphatic heterocycles. The van der Waals surface area contributed by atoms with E-state index in [0.29, 0.717) is 33.3 Å². The van der Waals surface area contributed by atoms with Crippen molar-refractivity contribution in [3.05, 3.63) is 64.0 Å². The van der Waals surface area contributed by atoms with Crippen LogP contribution >= 0.6 is 11.3 Å². The minimum Gasteiger partial charge on any atom is -0.493 e. The van der Waals surface area contributed by atoms with E-state index in [1.54, 1.807) is 42.0 Å². The van der Waals surface area contributed by atoms with Crippen molar-refractivity contribution in [2.24, 2.45) is 0 Å². The summed E-state index contributed by atoms with van der Waals surface area (Å²) in [5, 5.41) is 5.30. The van der Waals surface area contributed by atoms with Crippen molar-refractivity contribution in [1.82, 2.24) is 4.98 Å². The van der Waals surface area contributed by atoms with Gasteiger partial charge < -0.3 is 13.6 Å². The number of hydrogen-bond acceptors (Lipinski definition) is 7. The topological polar surface area (TPSA) is 94.6 Å². The van der Waals surface area contributed by atoms with Gasteiger partial charge in [-0.25, -0.2) is 9.78 Å². The molecule has 0 atom stereocenters. The first-order valence-electron chi connectivity index (χ1n) is 7.57. The molecule has 130 valence electrons.